The van der Waals surface area contributed by atoms with E-state index in [0.29, 0.717) is 18.7 Å². The average molecular weight is 297 g/mol. The summed E-state index contributed by atoms with van der Waals surface area (Å²) >= 11 is 0. The van der Waals surface area contributed by atoms with Gasteiger partial charge in [-0.3, -0.25) is 4.79 Å². The van der Waals surface area contributed by atoms with Crippen LogP contribution in [0.5, 0.6) is 0 Å². The summed E-state index contributed by atoms with van der Waals surface area (Å²) in [5, 5.41) is 5.08. The van der Waals surface area contributed by atoms with Crippen LogP contribution in [-0.2, 0) is 10.2 Å². The topological polar surface area (TPSA) is 83.7 Å². The van der Waals surface area contributed by atoms with Crippen molar-refractivity contribution >= 4 is 16.1 Å². The van der Waals surface area contributed by atoms with Crippen molar-refractivity contribution < 1.29 is 13.2 Å². The predicted molar refractivity (Wildman–Crippen MR) is 76.5 cm³/mol. The lowest BCUT2D eigenvalue weighted by molar-refractivity contribution is 0.0697. The van der Waals surface area contributed by atoms with Crippen molar-refractivity contribution in [3.05, 3.63) is 34.9 Å². The first-order chi connectivity index (χ1) is 9.29. The van der Waals surface area contributed by atoms with E-state index < -0.39 is 10.2 Å². The van der Waals surface area contributed by atoms with Crippen LogP contribution >= 0.6 is 0 Å². The van der Waals surface area contributed by atoms with E-state index in [1.165, 1.54) is 4.31 Å². The average Bonchev–Trinajstić information content (AvgIpc) is 2.37. The Labute approximate surface area is 119 Å². The molecule has 1 saturated heterocycles. The predicted octanol–water partition coefficient (Wildman–Crippen LogP) is 0.265. The number of benzene rings is 1. The minimum Gasteiger partial charge on any atom is -0.336 e. The van der Waals surface area contributed by atoms with Gasteiger partial charge in [-0.05, 0) is 25.5 Å². The van der Waals surface area contributed by atoms with Crippen molar-refractivity contribution in [1.82, 2.24) is 9.21 Å². The van der Waals surface area contributed by atoms with E-state index in [9.17, 15) is 13.2 Å². The number of nitrogens with two attached hydrogens (primary N) is 1. The Morgan fingerprint density at radius 3 is 2.25 bits per heavy atom. The maximum absolute atomic E-state index is 12.4. The van der Waals surface area contributed by atoms with E-state index in [0.717, 1.165) is 11.1 Å². The number of rotatable bonds is 2. The second-order valence-electron chi connectivity index (χ2n) is 5.05. The molecule has 0 bridgehead atoms. The third-order valence-electron chi connectivity index (χ3n) is 3.50. The summed E-state index contributed by atoms with van der Waals surface area (Å²) in [7, 11) is -3.66. The molecule has 0 aromatic heterocycles. The number of piperazine rings is 1. The van der Waals surface area contributed by atoms with Crippen LogP contribution in [0.25, 0.3) is 0 Å². The smallest absolute Gasteiger partial charge is 0.277 e. The summed E-state index contributed by atoms with van der Waals surface area (Å²) in [4.78, 5) is 14.1. The van der Waals surface area contributed by atoms with Gasteiger partial charge >= 0.3 is 0 Å². The fraction of sp³-hybridized carbons (Fsp3) is 0.462. The Morgan fingerprint density at radius 2 is 1.75 bits per heavy atom. The van der Waals surface area contributed by atoms with Crippen LogP contribution < -0.4 is 5.14 Å². The number of carbonyl (C=O) groups excluding carboxylic acids is 1. The molecule has 1 aromatic carbocycles. The molecule has 1 heterocycles. The molecule has 1 aromatic rings. The number of carbonyl (C=O) groups is 1. The number of amides is 1. The Morgan fingerprint density at radius 1 is 1.15 bits per heavy atom. The highest BCUT2D eigenvalue weighted by atomic mass is 32.2. The van der Waals surface area contributed by atoms with Crippen molar-refractivity contribution in [3.8, 4) is 0 Å². The van der Waals surface area contributed by atoms with Gasteiger partial charge in [0, 0.05) is 31.7 Å². The molecule has 7 heteroatoms. The Bertz CT molecular complexity index is 620. The third-order valence-corrected chi connectivity index (χ3v) is 4.58. The van der Waals surface area contributed by atoms with E-state index in [1.807, 2.05) is 32.0 Å². The largest absolute Gasteiger partial charge is 0.336 e. The summed E-state index contributed by atoms with van der Waals surface area (Å²) in [6.45, 7) is 5.10. The second kappa shape index (κ2) is 5.51. The lowest BCUT2D eigenvalue weighted by Gasteiger charge is -2.33. The van der Waals surface area contributed by atoms with Crippen LogP contribution in [0.4, 0.5) is 0 Å². The van der Waals surface area contributed by atoms with Crippen LogP contribution in [0.1, 0.15) is 21.5 Å². The number of nitrogens with zero attached hydrogens (tertiary/aromatic N) is 2. The van der Waals surface area contributed by atoms with E-state index in [2.05, 4.69) is 0 Å². The third kappa shape index (κ3) is 3.17. The zero-order chi connectivity index (χ0) is 14.9. The van der Waals surface area contributed by atoms with Gasteiger partial charge in [0.1, 0.15) is 0 Å². The maximum Gasteiger partial charge on any atom is 0.277 e. The SMILES string of the molecule is Cc1ccc(C(=O)N2CCN(S(N)(=O)=O)CC2)c(C)c1. The molecule has 0 aliphatic carbocycles. The molecule has 0 spiro atoms. The van der Waals surface area contributed by atoms with Crippen molar-refractivity contribution in [2.45, 2.75) is 13.8 Å². The molecule has 2 N–H and O–H groups in total. The van der Waals surface area contributed by atoms with Crippen LogP contribution in [0.15, 0.2) is 18.2 Å². The summed E-state index contributed by atoms with van der Waals surface area (Å²) in [6.07, 6.45) is 0. The molecule has 1 aliphatic heterocycles. The zero-order valence-electron chi connectivity index (χ0n) is 11.7. The number of hydrogen-bond acceptors (Lipinski definition) is 3. The lowest BCUT2D eigenvalue weighted by Crippen LogP contribution is -2.52. The van der Waals surface area contributed by atoms with Gasteiger partial charge in [-0.15, -0.1) is 0 Å². The summed E-state index contributed by atoms with van der Waals surface area (Å²) in [6, 6.07) is 5.69. The number of hydrogen-bond donors (Lipinski definition) is 1. The van der Waals surface area contributed by atoms with E-state index >= 15 is 0 Å². The molecule has 1 amide bonds. The van der Waals surface area contributed by atoms with Crippen molar-refractivity contribution in [1.29, 1.82) is 0 Å². The number of aryl methyl sites for hydroxylation is 2. The minimum atomic E-state index is -3.66. The second-order valence-corrected chi connectivity index (χ2v) is 6.60. The van der Waals surface area contributed by atoms with Crippen LogP contribution in [0, 0.1) is 13.8 Å². The minimum absolute atomic E-state index is 0.0587. The zero-order valence-corrected chi connectivity index (χ0v) is 12.5. The molecular formula is C13H19N3O3S. The monoisotopic (exact) mass is 297 g/mol. The standard InChI is InChI=1S/C13H19N3O3S/c1-10-3-4-12(11(2)9-10)13(17)15-5-7-16(8-6-15)20(14,18)19/h3-4,9H,5-8H2,1-2H3,(H2,14,18,19). The van der Waals surface area contributed by atoms with Gasteiger partial charge in [0.15, 0.2) is 0 Å². The maximum atomic E-state index is 12.4. The molecule has 1 aliphatic rings. The summed E-state index contributed by atoms with van der Waals surface area (Å²) in [5.74, 6) is -0.0587. The molecule has 2 rings (SSSR count). The molecular weight excluding hydrogens is 278 g/mol. The fourth-order valence-electron chi connectivity index (χ4n) is 2.37. The van der Waals surface area contributed by atoms with Crippen LogP contribution in [-0.4, -0.2) is 49.7 Å². The molecule has 0 saturated carbocycles. The Balaban J connectivity index is 2.09. The molecule has 110 valence electrons. The Hall–Kier alpha value is -1.44. The normalized spacial score (nSPS) is 17.2. The van der Waals surface area contributed by atoms with Gasteiger partial charge in [-0.1, -0.05) is 17.7 Å². The first kappa shape index (κ1) is 15.0. The van der Waals surface area contributed by atoms with Gasteiger partial charge < -0.3 is 4.90 Å². The first-order valence-corrected chi connectivity index (χ1v) is 7.94. The molecule has 6 nitrogen and oxygen atoms in total. The van der Waals surface area contributed by atoms with Crippen molar-refractivity contribution in [2.75, 3.05) is 26.2 Å². The lowest BCUT2D eigenvalue weighted by atomic mass is 10.0. The molecule has 0 atom stereocenters. The van der Waals surface area contributed by atoms with Crippen molar-refractivity contribution in [3.63, 3.8) is 0 Å². The van der Waals surface area contributed by atoms with Gasteiger partial charge in [-0.25, -0.2) is 5.14 Å². The Kier molecular flexibility index (Phi) is 4.12. The van der Waals surface area contributed by atoms with E-state index in [1.54, 1.807) is 4.90 Å². The van der Waals surface area contributed by atoms with Crippen LogP contribution in [0.2, 0.25) is 0 Å². The molecule has 20 heavy (non-hydrogen) atoms. The molecule has 0 unspecified atom stereocenters. The van der Waals surface area contributed by atoms with Crippen molar-refractivity contribution in [2.24, 2.45) is 5.14 Å². The van der Waals surface area contributed by atoms with Gasteiger partial charge in [0.25, 0.3) is 16.1 Å². The molecule has 1 fully saturated rings. The van der Waals surface area contributed by atoms with Gasteiger partial charge in [0.05, 0.1) is 0 Å². The highest BCUT2D eigenvalue weighted by Crippen LogP contribution is 2.15. The van der Waals surface area contributed by atoms with Crippen LogP contribution in [0.3, 0.4) is 0 Å². The van der Waals surface area contributed by atoms with E-state index in [4.69, 9.17) is 5.14 Å². The quantitative estimate of drug-likeness (QED) is 0.850. The van der Waals surface area contributed by atoms with Gasteiger partial charge in [0.2, 0.25) is 0 Å². The highest BCUT2D eigenvalue weighted by Gasteiger charge is 2.27. The first-order valence-electron chi connectivity index (χ1n) is 6.43. The van der Waals surface area contributed by atoms with E-state index in [-0.39, 0.29) is 19.0 Å². The molecule has 0 radical (unpaired) electrons. The fourth-order valence-corrected chi connectivity index (χ4v) is 3.04. The highest BCUT2D eigenvalue weighted by molar-refractivity contribution is 7.86. The summed E-state index contributed by atoms with van der Waals surface area (Å²) in [5.41, 5.74) is 2.71. The summed E-state index contributed by atoms with van der Waals surface area (Å²) < 4.78 is 23.6. The van der Waals surface area contributed by atoms with Gasteiger partial charge in [-0.2, -0.15) is 12.7 Å².